The first kappa shape index (κ1) is 24.2. The van der Waals surface area contributed by atoms with Gasteiger partial charge in [0.15, 0.2) is 5.41 Å². The molecule has 8 nitrogen and oxygen atoms in total. The minimum Gasteiger partial charge on any atom is -0.496 e. The molecule has 170 valence electrons. The van der Waals surface area contributed by atoms with Crippen LogP contribution in [0.1, 0.15) is 32.3 Å². The molecule has 1 aromatic rings. The van der Waals surface area contributed by atoms with Gasteiger partial charge in [0.2, 0.25) is 0 Å². The normalized spacial score (nSPS) is 21.6. The quantitative estimate of drug-likeness (QED) is 0.632. The first-order chi connectivity index (χ1) is 15.5. The lowest BCUT2D eigenvalue weighted by molar-refractivity contribution is 0.0224. The molecule has 0 bridgehead atoms. The van der Waals surface area contributed by atoms with Crippen molar-refractivity contribution >= 4 is 22.0 Å². The smallest absolute Gasteiger partial charge is 0.410 e. The van der Waals surface area contributed by atoms with Crippen molar-refractivity contribution in [3.63, 3.8) is 0 Å². The molecule has 2 N–H and O–H groups in total. The van der Waals surface area contributed by atoms with Crippen molar-refractivity contribution in [2.24, 2.45) is 17.1 Å². The molecular weight excluding hydrogens is 486 g/mol. The van der Waals surface area contributed by atoms with Gasteiger partial charge in [-0.15, -0.1) is 0 Å². The van der Waals surface area contributed by atoms with E-state index >= 15 is 0 Å². The molecule has 0 fully saturated rings. The standard InChI is InChI=1S/C24H24BrN5O3/c1-23(2,3)33-22(31)30-8-7-15-17(10-26)21(29)24(12-27,13-28)20(18(15)11-30)16-9-14(25)5-6-19(16)32-4/h5-7,9,18,20H,8,11,29H2,1-4H3/t18-,20+/m1/s1. The van der Waals surface area contributed by atoms with E-state index in [1.165, 1.54) is 12.0 Å². The van der Waals surface area contributed by atoms with Crippen LogP contribution in [0.3, 0.4) is 0 Å². The number of nitriles is 3. The highest BCUT2D eigenvalue weighted by Crippen LogP contribution is 2.56. The lowest BCUT2D eigenvalue weighted by Crippen LogP contribution is -2.50. The molecular formula is C24H24BrN5O3. The van der Waals surface area contributed by atoms with Gasteiger partial charge in [-0.05, 0) is 44.5 Å². The Balaban J connectivity index is 2.26. The number of hydrogen-bond acceptors (Lipinski definition) is 7. The fraction of sp³-hybridized carbons (Fsp3) is 0.417. The maximum absolute atomic E-state index is 12.8. The SMILES string of the molecule is COc1ccc(Br)cc1[C@H]1[C@@H]2CN(C(=O)OC(C)(C)C)CC=C2C(C#N)=C(N)C1(C#N)C#N. The summed E-state index contributed by atoms with van der Waals surface area (Å²) in [6.45, 7) is 5.69. The van der Waals surface area contributed by atoms with E-state index in [0.29, 0.717) is 16.9 Å². The van der Waals surface area contributed by atoms with Gasteiger partial charge in [-0.1, -0.05) is 22.0 Å². The molecule has 0 saturated carbocycles. The summed E-state index contributed by atoms with van der Waals surface area (Å²) in [5.74, 6) is -0.885. The Morgan fingerprint density at radius 1 is 1.27 bits per heavy atom. The highest BCUT2D eigenvalue weighted by Gasteiger charge is 2.55. The Kier molecular flexibility index (Phi) is 6.45. The molecule has 2 aliphatic rings. The van der Waals surface area contributed by atoms with Crippen molar-refractivity contribution in [3.05, 3.63) is 51.2 Å². The van der Waals surface area contributed by atoms with Gasteiger partial charge >= 0.3 is 6.09 Å². The molecule has 9 heteroatoms. The molecule has 0 saturated heterocycles. The van der Waals surface area contributed by atoms with Crippen LogP contribution >= 0.6 is 15.9 Å². The fourth-order valence-electron chi connectivity index (χ4n) is 4.45. The minimum absolute atomic E-state index is 0.0877. The van der Waals surface area contributed by atoms with Crippen LogP contribution in [-0.2, 0) is 4.74 Å². The summed E-state index contributed by atoms with van der Waals surface area (Å²) >= 11 is 3.45. The van der Waals surface area contributed by atoms with E-state index in [1.807, 2.05) is 0 Å². The predicted molar refractivity (Wildman–Crippen MR) is 123 cm³/mol. The summed E-state index contributed by atoms with van der Waals surface area (Å²) in [6, 6.07) is 11.6. The van der Waals surface area contributed by atoms with Gasteiger partial charge < -0.3 is 20.1 Å². The van der Waals surface area contributed by atoms with E-state index in [4.69, 9.17) is 15.2 Å². The third-order valence-corrected chi connectivity index (χ3v) is 6.34. The zero-order chi connectivity index (χ0) is 24.6. The Hall–Kier alpha value is -3.48. The van der Waals surface area contributed by atoms with Crippen LogP contribution in [0.2, 0.25) is 0 Å². The summed E-state index contributed by atoms with van der Waals surface area (Å²) in [7, 11) is 1.50. The third kappa shape index (κ3) is 4.15. The van der Waals surface area contributed by atoms with E-state index < -0.39 is 28.9 Å². The number of rotatable bonds is 2. The summed E-state index contributed by atoms with van der Waals surface area (Å²) < 4.78 is 11.8. The minimum atomic E-state index is -1.84. The number of amides is 1. The zero-order valence-electron chi connectivity index (χ0n) is 18.8. The second-order valence-corrected chi connectivity index (χ2v) is 9.86. The van der Waals surface area contributed by atoms with E-state index in [2.05, 4.69) is 34.1 Å². The molecule has 0 aromatic heterocycles. The Bertz CT molecular complexity index is 1160. The molecule has 0 spiro atoms. The number of carbonyl (C=O) groups is 1. The number of nitrogens with zero attached hydrogens (tertiary/aromatic N) is 4. The molecule has 1 aliphatic carbocycles. The summed E-state index contributed by atoms with van der Waals surface area (Å²) in [5.41, 5.74) is 5.04. The number of carbonyl (C=O) groups excluding carboxylic acids is 1. The van der Waals surface area contributed by atoms with Crippen molar-refractivity contribution in [2.45, 2.75) is 32.3 Å². The number of methoxy groups -OCH3 is 1. The molecule has 2 atom stereocenters. The number of hydrogen-bond donors (Lipinski definition) is 1. The lowest BCUT2D eigenvalue weighted by Gasteiger charge is -2.45. The van der Waals surface area contributed by atoms with Gasteiger partial charge in [-0.3, -0.25) is 0 Å². The second kappa shape index (κ2) is 8.81. The molecule has 0 unspecified atom stereocenters. The molecule has 1 aromatic carbocycles. The maximum atomic E-state index is 12.8. The Morgan fingerprint density at radius 2 is 1.94 bits per heavy atom. The van der Waals surface area contributed by atoms with Crippen LogP contribution in [0.4, 0.5) is 4.79 Å². The van der Waals surface area contributed by atoms with Crippen molar-refractivity contribution in [1.82, 2.24) is 4.90 Å². The first-order valence-corrected chi connectivity index (χ1v) is 11.1. The van der Waals surface area contributed by atoms with E-state index in [9.17, 15) is 20.6 Å². The number of halogens is 1. The van der Waals surface area contributed by atoms with Gasteiger partial charge in [0.25, 0.3) is 0 Å². The average Bonchev–Trinajstić information content (AvgIpc) is 2.77. The average molecular weight is 510 g/mol. The van der Waals surface area contributed by atoms with E-state index in [0.717, 1.165) is 4.47 Å². The number of nitrogens with two attached hydrogens (primary N) is 1. The molecule has 1 aliphatic heterocycles. The van der Waals surface area contributed by atoms with Crippen LogP contribution in [0.25, 0.3) is 0 Å². The van der Waals surface area contributed by atoms with Crippen LogP contribution < -0.4 is 10.5 Å². The fourth-order valence-corrected chi connectivity index (χ4v) is 4.83. The first-order valence-electron chi connectivity index (χ1n) is 10.3. The maximum Gasteiger partial charge on any atom is 0.410 e. The van der Waals surface area contributed by atoms with Gasteiger partial charge in [0.05, 0.1) is 30.5 Å². The van der Waals surface area contributed by atoms with Crippen LogP contribution in [0.5, 0.6) is 5.75 Å². The van der Waals surface area contributed by atoms with E-state index in [-0.39, 0.29) is 24.4 Å². The summed E-state index contributed by atoms with van der Waals surface area (Å²) in [6.07, 6.45) is 1.23. The van der Waals surface area contributed by atoms with Gasteiger partial charge in [-0.25, -0.2) is 4.79 Å². The number of benzene rings is 1. The van der Waals surface area contributed by atoms with Gasteiger partial charge in [0, 0.05) is 35.0 Å². The van der Waals surface area contributed by atoms with Crippen LogP contribution in [0.15, 0.2) is 45.6 Å². The van der Waals surface area contributed by atoms with Crippen molar-refractivity contribution in [2.75, 3.05) is 20.2 Å². The van der Waals surface area contributed by atoms with Gasteiger partial charge in [0.1, 0.15) is 17.4 Å². The van der Waals surface area contributed by atoms with Crippen molar-refractivity contribution < 1.29 is 14.3 Å². The highest BCUT2D eigenvalue weighted by atomic mass is 79.9. The summed E-state index contributed by atoms with van der Waals surface area (Å²) in [5, 5.41) is 30.3. The monoisotopic (exact) mass is 509 g/mol. The topological polar surface area (TPSA) is 136 Å². The molecule has 1 heterocycles. The predicted octanol–water partition coefficient (Wildman–Crippen LogP) is 4.12. The van der Waals surface area contributed by atoms with Crippen LogP contribution in [0, 0.1) is 45.3 Å². The van der Waals surface area contributed by atoms with Crippen LogP contribution in [-0.4, -0.2) is 36.8 Å². The molecule has 0 radical (unpaired) electrons. The number of ether oxygens (including phenoxy) is 2. The largest absolute Gasteiger partial charge is 0.496 e. The number of allylic oxidation sites excluding steroid dienone is 2. The third-order valence-electron chi connectivity index (χ3n) is 5.84. The van der Waals surface area contributed by atoms with E-state index in [1.54, 1.807) is 45.0 Å². The van der Waals surface area contributed by atoms with Crippen molar-refractivity contribution in [1.29, 1.82) is 15.8 Å². The molecule has 33 heavy (non-hydrogen) atoms. The second-order valence-electron chi connectivity index (χ2n) is 8.95. The van der Waals surface area contributed by atoms with Crippen molar-refractivity contribution in [3.8, 4) is 24.0 Å². The summed E-state index contributed by atoms with van der Waals surface area (Å²) in [4.78, 5) is 14.3. The van der Waals surface area contributed by atoms with Gasteiger partial charge in [-0.2, -0.15) is 15.8 Å². The Labute approximate surface area is 201 Å². The lowest BCUT2D eigenvalue weighted by atomic mass is 9.58. The highest BCUT2D eigenvalue weighted by molar-refractivity contribution is 9.10. The Morgan fingerprint density at radius 3 is 2.48 bits per heavy atom. The molecule has 1 amide bonds. The zero-order valence-corrected chi connectivity index (χ0v) is 20.4. The molecule has 3 rings (SSSR count). The number of fused-ring (bicyclic) bond motifs is 1.